The fourth-order valence-corrected chi connectivity index (χ4v) is 1.55. The van der Waals surface area contributed by atoms with E-state index in [0.717, 1.165) is 17.0 Å². The molecule has 0 fully saturated rings. The van der Waals surface area contributed by atoms with Crippen LogP contribution in [0.5, 0.6) is 5.75 Å². The van der Waals surface area contributed by atoms with Crippen molar-refractivity contribution in [2.24, 2.45) is 5.73 Å². The number of ether oxygens (including phenoxy) is 2. The summed E-state index contributed by atoms with van der Waals surface area (Å²) in [5.41, 5.74) is 7.22. The van der Waals surface area contributed by atoms with Crippen molar-refractivity contribution in [2.75, 3.05) is 7.11 Å². The molecule has 5 nitrogen and oxygen atoms in total. The van der Waals surface area contributed by atoms with Gasteiger partial charge in [0, 0.05) is 12.6 Å². The summed E-state index contributed by atoms with van der Waals surface area (Å²) in [4.78, 5) is 0. The van der Waals surface area contributed by atoms with Crippen LogP contribution in [0.4, 0.5) is 0 Å². The van der Waals surface area contributed by atoms with Crippen molar-refractivity contribution >= 4 is 0 Å². The molecule has 0 aliphatic heterocycles. The molecule has 1 aromatic heterocycles. The van der Waals surface area contributed by atoms with E-state index in [2.05, 4.69) is 5.16 Å². The van der Waals surface area contributed by atoms with E-state index in [9.17, 15) is 0 Å². The Labute approximate surface area is 105 Å². The molecule has 2 aromatic rings. The highest BCUT2D eigenvalue weighted by Crippen LogP contribution is 2.14. The number of benzene rings is 1. The second-order valence-electron chi connectivity index (χ2n) is 3.83. The lowest BCUT2D eigenvalue weighted by Gasteiger charge is -2.04. The van der Waals surface area contributed by atoms with Gasteiger partial charge in [-0.2, -0.15) is 0 Å². The lowest BCUT2D eigenvalue weighted by molar-refractivity contribution is 0.0882. The number of aromatic nitrogens is 1. The molecule has 2 N–H and O–H groups in total. The fraction of sp³-hybridized carbons (Fsp3) is 0.308. The normalized spacial score (nSPS) is 10.6. The maximum absolute atomic E-state index is 5.53. The third kappa shape index (κ3) is 3.32. The van der Waals surface area contributed by atoms with E-state index >= 15 is 0 Å². The number of hydrogen-bond acceptors (Lipinski definition) is 5. The van der Waals surface area contributed by atoms with Gasteiger partial charge in [0.1, 0.15) is 12.4 Å². The highest BCUT2D eigenvalue weighted by atomic mass is 16.5. The molecule has 18 heavy (non-hydrogen) atoms. The summed E-state index contributed by atoms with van der Waals surface area (Å²) in [5.74, 6) is 1.50. The second kappa shape index (κ2) is 6.18. The Balaban J connectivity index is 1.84. The minimum absolute atomic E-state index is 0.374. The summed E-state index contributed by atoms with van der Waals surface area (Å²) in [6.07, 6.45) is 0. The number of nitrogens with two attached hydrogens (primary N) is 1. The maximum atomic E-state index is 5.53. The van der Waals surface area contributed by atoms with E-state index in [0.29, 0.717) is 25.5 Å². The molecule has 96 valence electrons. The maximum Gasteiger partial charge on any atom is 0.162 e. The van der Waals surface area contributed by atoms with Crippen LogP contribution in [0.3, 0.4) is 0 Å². The predicted molar refractivity (Wildman–Crippen MR) is 65.9 cm³/mol. The fourth-order valence-electron chi connectivity index (χ4n) is 1.55. The lowest BCUT2D eigenvalue weighted by Crippen LogP contribution is -1.95. The standard InChI is InChI=1S/C13H16N2O3/c1-16-12-4-2-3-10(5-12)8-17-9-13-6-11(7-14)15-18-13/h2-6H,7-9,14H2,1H3. The highest BCUT2D eigenvalue weighted by Gasteiger charge is 2.03. The zero-order chi connectivity index (χ0) is 12.8. The lowest BCUT2D eigenvalue weighted by atomic mass is 10.2. The molecule has 0 bridgehead atoms. The SMILES string of the molecule is COc1cccc(COCc2cc(CN)no2)c1. The van der Waals surface area contributed by atoms with Crippen molar-refractivity contribution in [1.29, 1.82) is 0 Å². The minimum Gasteiger partial charge on any atom is -0.497 e. The Morgan fingerprint density at radius 1 is 1.28 bits per heavy atom. The van der Waals surface area contributed by atoms with E-state index in [-0.39, 0.29) is 0 Å². The molecular weight excluding hydrogens is 232 g/mol. The van der Waals surface area contributed by atoms with Crippen LogP contribution in [0.1, 0.15) is 17.0 Å². The smallest absolute Gasteiger partial charge is 0.162 e. The summed E-state index contributed by atoms with van der Waals surface area (Å²) >= 11 is 0. The first-order chi connectivity index (χ1) is 8.81. The minimum atomic E-state index is 0.374. The van der Waals surface area contributed by atoms with Gasteiger partial charge in [0.15, 0.2) is 5.76 Å². The van der Waals surface area contributed by atoms with E-state index < -0.39 is 0 Å². The van der Waals surface area contributed by atoms with Crippen molar-refractivity contribution in [3.8, 4) is 5.75 Å². The molecule has 0 radical (unpaired) electrons. The molecule has 2 rings (SSSR count). The molecular formula is C13H16N2O3. The first kappa shape index (κ1) is 12.6. The predicted octanol–water partition coefficient (Wildman–Crippen LogP) is 1.86. The van der Waals surface area contributed by atoms with E-state index in [1.165, 1.54) is 0 Å². The average molecular weight is 248 g/mol. The summed E-state index contributed by atoms with van der Waals surface area (Å²) in [6.45, 7) is 1.25. The van der Waals surface area contributed by atoms with Crippen molar-refractivity contribution in [2.45, 2.75) is 19.8 Å². The molecule has 0 saturated carbocycles. The molecule has 0 atom stereocenters. The molecule has 1 aromatic carbocycles. The van der Waals surface area contributed by atoms with E-state index in [1.807, 2.05) is 24.3 Å². The van der Waals surface area contributed by atoms with Gasteiger partial charge < -0.3 is 19.7 Å². The number of nitrogens with zero attached hydrogens (tertiary/aromatic N) is 1. The molecule has 0 saturated heterocycles. The zero-order valence-electron chi connectivity index (χ0n) is 10.3. The van der Waals surface area contributed by atoms with Gasteiger partial charge in [-0.3, -0.25) is 0 Å². The third-order valence-corrected chi connectivity index (χ3v) is 2.46. The third-order valence-electron chi connectivity index (χ3n) is 2.46. The van der Waals surface area contributed by atoms with Crippen LogP contribution >= 0.6 is 0 Å². The zero-order valence-corrected chi connectivity index (χ0v) is 10.3. The highest BCUT2D eigenvalue weighted by molar-refractivity contribution is 5.27. The van der Waals surface area contributed by atoms with Crippen LogP contribution in [-0.2, 0) is 24.5 Å². The van der Waals surface area contributed by atoms with Gasteiger partial charge in [-0.25, -0.2) is 0 Å². The number of methoxy groups -OCH3 is 1. The van der Waals surface area contributed by atoms with Gasteiger partial charge in [0.05, 0.1) is 19.4 Å². The number of hydrogen-bond donors (Lipinski definition) is 1. The summed E-state index contributed by atoms with van der Waals surface area (Å²) in [7, 11) is 1.64. The Morgan fingerprint density at radius 2 is 2.17 bits per heavy atom. The van der Waals surface area contributed by atoms with Gasteiger partial charge in [-0.15, -0.1) is 0 Å². The molecule has 0 unspecified atom stereocenters. The Hall–Kier alpha value is -1.85. The van der Waals surface area contributed by atoms with Gasteiger partial charge in [-0.1, -0.05) is 17.3 Å². The Bertz CT molecular complexity index is 496. The van der Waals surface area contributed by atoms with Gasteiger partial charge >= 0.3 is 0 Å². The van der Waals surface area contributed by atoms with Crippen LogP contribution in [0.15, 0.2) is 34.9 Å². The van der Waals surface area contributed by atoms with Crippen LogP contribution in [-0.4, -0.2) is 12.3 Å². The van der Waals surface area contributed by atoms with Crippen LogP contribution < -0.4 is 10.5 Å². The van der Waals surface area contributed by atoms with Gasteiger partial charge in [-0.05, 0) is 17.7 Å². The van der Waals surface area contributed by atoms with Gasteiger partial charge in [0.2, 0.25) is 0 Å². The van der Waals surface area contributed by atoms with Crippen LogP contribution in [0.2, 0.25) is 0 Å². The van der Waals surface area contributed by atoms with Crippen LogP contribution in [0.25, 0.3) is 0 Å². The monoisotopic (exact) mass is 248 g/mol. The largest absolute Gasteiger partial charge is 0.497 e. The summed E-state index contributed by atoms with van der Waals surface area (Å²) < 4.78 is 15.7. The second-order valence-corrected chi connectivity index (χ2v) is 3.83. The van der Waals surface area contributed by atoms with E-state index in [4.69, 9.17) is 19.7 Å². The van der Waals surface area contributed by atoms with Crippen LogP contribution in [0, 0.1) is 0 Å². The average Bonchev–Trinajstić information content (AvgIpc) is 2.87. The number of rotatable bonds is 6. The molecule has 1 heterocycles. The van der Waals surface area contributed by atoms with E-state index in [1.54, 1.807) is 13.2 Å². The molecule has 5 heteroatoms. The van der Waals surface area contributed by atoms with Gasteiger partial charge in [0.25, 0.3) is 0 Å². The quantitative estimate of drug-likeness (QED) is 0.844. The topological polar surface area (TPSA) is 70.5 Å². The van der Waals surface area contributed by atoms with Crippen molar-refractivity contribution in [3.05, 3.63) is 47.3 Å². The van der Waals surface area contributed by atoms with Crippen molar-refractivity contribution in [3.63, 3.8) is 0 Å². The van der Waals surface area contributed by atoms with Crippen molar-refractivity contribution < 1.29 is 14.0 Å². The Morgan fingerprint density at radius 3 is 2.89 bits per heavy atom. The molecule has 0 spiro atoms. The summed E-state index contributed by atoms with van der Waals surface area (Å²) in [6, 6.07) is 9.54. The molecule has 0 amide bonds. The molecule has 0 aliphatic carbocycles. The summed E-state index contributed by atoms with van der Waals surface area (Å²) in [5, 5.41) is 3.79. The van der Waals surface area contributed by atoms with Crippen molar-refractivity contribution in [1.82, 2.24) is 5.16 Å². The first-order valence-electron chi connectivity index (χ1n) is 5.67. The Kier molecular flexibility index (Phi) is 4.33. The molecule has 0 aliphatic rings. The first-order valence-corrected chi connectivity index (χ1v) is 5.67.